The molecule has 18 heavy (non-hydrogen) atoms. The van der Waals surface area contributed by atoms with Gasteiger partial charge in [-0.15, -0.1) is 0 Å². The van der Waals surface area contributed by atoms with Crippen molar-refractivity contribution < 1.29 is 13.9 Å². The van der Waals surface area contributed by atoms with E-state index in [1.165, 1.54) is 0 Å². The lowest BCUT2D eigenvalue weighted by molar-refractivity contribution is 0.101. The van der Waals surface area contributed by atoms with Gasteiger partial charge in [0.2, 0.25) is 0 Å². The minimum Gasteiger partial charge on any atom is -0.324 e. The summed E-state index contributed by atoms with van der Waals surface area (Å²) in [6, 6.07) is 0. The Labute approximate surface area is 123 Å². The van der Waals surface area contributed by atoms with Crippen LogP contribution in [0.2, 0.25) is 0 Å². The highest BCUT2D eigenvalue weighted by Gasteiger charge is 2.45. The van der Waals surface area contributed by atoms with E-state index in [0.29, 0.717) is 11.9 Å². The number of rotatable bonds is 4. The van der Waals surface area contributed by atoms with Gasteiger partial charge in [-0.2, -0.15) is 0 Å². The normalized spacial score (nSPS) is 31.3. The second-order valence-corrected chi connectivity index (χ2v) is 12.3. The summed E-state index contributed by atoms with van der Waals surface area (Å²) in [6.45, 7) is 9.68. The molecule has 1 heterocycles. The van der Waals surface area contributed by atoms with Crippen molar-refractivity contribution >= 4 is 40.1 Å². The van der Waals surface area contributed by atoms with Gasteiger partial charge in [0.15, 0.2) is 0 Å². The Hall–Kier alpha value is 1.23. The van der Waals surface area contributed by atoms with Crippen LogP contribution in [0.15, 0.2) is 0 Å². The summed E-state index contributed by atoms with van der Waals surface area (Å²) in [5.74, 6) is 0. The zero-order valence-electron chi connectivity index (χ0n) is 11.8. The van der Waals surface area contributed by atoms with E-state index in [1.54, 1.807) is 21.6 Å². The van der Waals surface area contributed by atoms with Crippen LogP contribution in [0.4, 0.5) is 0 Å². The second kappa shape index (κ2) is 5.92. The van der Waals surface area contributed by atoms with Gasteiger partial charge < -0.3 is 13.9 Å². The molecule has 0 aromatic carbocycles. The lowest BCUT2D eigenvalue weighted by atomic mass is 9.99. The molecule has 0 bridgehead atoms. The third-order valence-electron chi connectivity index (χ3n) is 2.43. The van der Waals surface area contributed by atoms with Crippen molar-refractivity contribution in [1.82, 2.24) is 0 Å². The number of hydrogen-bond acceptors (Lipinski definition) is 5. The van der Waals surface area contributed by atoms with Gasteiger partial charge in [0, 0.05) is 10.00 Å². The van der Waals surface area contributed by atoms with Crippen LogP contribution in [0.5, 0.6) is 0 Å². The Bertz CT molecular complexity index is 341. The Balaban J connectivity index is 2.62. The molecule has 0 radical (unpaired) electrons. The van der Waals surface area contributed by atoms with Crippen molar-refractivity contribution in [2.24, 2.45) is 5.41 Å². The van der Waals surface area contributed by atoms with Crippen LogP contribution >= 0.6 is 28.3 Å². The van der Waals surface area contributed by atoms with Gasteiger partial charge in [-0.3, -0.25) is 0 Å². The average molecular weight is 330 g/mol. The molecule has 1 N–H and O–H groups in total. The molecular weight excluding hydrogens is 307 g/mol. The summed E-state index contributed by atoms with van der Waals surface area (Å²) < 4.78 is 11.1. The van der Waals surface area contributed by atoms with E-state index in [1.807, 2.05) is 20.8 Å². The second-order valence-electron chi connectivity index (χ2n) is 6.32. The van der Waals surface area contributed by atoms with Gasteiger partial charge in [-0.1, -0.05) is 42.4 Å². The van der Waals surface area contributed by atoms with Gasteiger partial charge in [0.25, 0.3) is 0 Å². The topological polar surface area (TPSA) is 38.7 Å². The monoisotopic (exact) mass is 330 g/mol. The van der Waals surface area contributed by atoms with Crippen molar-refractivity contribution in [1.29, 1.82) is 0 Å². The van der Waals surface area contributed by atoms with E-state index in [-0.39, 0.29) is 16.3 Å². The van der Waals surface area contributed by atoms with E-state index >= 15 is 0 Å². The third-order valence-corrected chi connectivity index (χ3v) is 7.75. The first-order chi connectivity index (χ1) is 7.93. The molecule has 1 saturated heterocycles. The molecular formula is C11H23O3PS3. The first-order valence-corrected chi connectivity index (χ1v) is 10.7. The van der Waals surface area contributed by atoms with Crippen molar-refractivity contribution in [2.45, 2.75) is 57.6 Å². The highest BCUT2D eigenvalue weighted by Crippen LogP contribution is 2.57. The molecule has 1 fully saturated rings. The summed E-state index contributed by atoms with van der Waals surface area (Å²) >= 11 is 5.11. The molecule has 1 unspecified atom stereocenters. The maximum atomic E-state index is 10.2. The van der Waals surface area contributed by atoms with Gasteiger partial charge in [0.05, 0.1) is 12.7 Å². The highest BCUT2D eigenvalue weighted by molar-refractivity contribution is 8.77. The molecule has 3 nitrogen and oxygen atoms in total. The van der Waals surface area contributed by atoms with Gasteiger partial charge in [0.1, 0.15) is 0 Å². The van der Waals surface area contributed by atoms with Crippen LogP contribution in [0.3, 0.4) is 0 Å². The summed E-state index contributed by atoms with van der Waals surface area (Å²) in [5, 5.41) is 0.303. The first kappa shape index (κ1) is 17.3. The van der Waals surface area contributed by atoms with Gasteiger partial charge in [-0.05, 0) is 38.0 Å². The molecule has 3 atom stereocenters. The van der Waals surface area contributed by atoms with E-state index in [4.69, 9.17) is 20.9 Å². The predicted octanol–water partition coefficient (Wildman–Crippen LogP) is 4.21. The Morgan fingerprint density at radius 2 is 1.94 bits per heavy atom. The molecule has 0 aromatic rings. The van der Waals surface area contributed by atoms with E-state index in [9.17, 15) is 4.89 Å². The Kier molecular flexibility index (Phi) is 5.69. The SMILES string of the molecule is C[C@H]1SSC(C)(C)[C@H]1OP(O)(=S)OCC(C)(C)C. The van der Waals surface area contributed by atoms with Crippen molar-refractivity contribution in [3.05, 3.63) is 0 Å². The molecule has 0 saturated carbocycles. The molecule has 108 valence electrons. The summed E-state index contributed by atoms with van der Waals surface area (Å²) in [4.78, 5) is 10.2. The third kappa shape index (κ3) is 5.31. The quantitative estimate of drug-likeness (QED) is 0.615. The van der Waals surface area contributed by atoms with Crippen LogP contribution < -0.4 is 0 Å². The van der Waals surface area contributed by atoms with Crippen molar-refractivity contribution in [2.75, 3.05) is 6.61 Å². The fraction of sp³-hybridized carbons (Fsp3) is 1.00. The van der Waals surface area contributed by atoms with Crippen molar-refractivity contribution in [3.8, 4) is 0 Å². The molecule has 0 aromatic heterocycles. The maximum Gasteiger partial charge on any atom is 0.324 e. The standard InChI is InChI=1S/C11H23O3PS3/c1-8-9(11(5,6)18-17-8)14-15(12,16)13-7-10(2,3)4/h8-9H,7H2,1-6H3,(H,12,16)/t8-,9+,15?/m1/s1. The average Bonchev–Trinajstić information content (AvgIpc) is 2.41. The van der Waals surface area contributed by atoms with Gasteiger partial charge in [-0.25, -0.2) is 0 Å². The summed E-state index contributed by atoms with van der Waals surface area (Å²) in [5.41, 5.74) is -0.0313. The van der Waals surface area contributed by atoms with Crippen LogP contribution in [-0.2, 0) is 20.9 Å². The predicted molar refractivity (Wildman–Crippen MR) is 85.5 cm³/mol. The van der Waals surface area contributed by atoms with E-state index in [2.05, 4.69) is 20.8 Å². The molecule has 1 aliphatic heterocycles. The molecule has 1 aliphatic rings. The van der Waals surface area contributed by atoms with Crippen LogP contribution in [-0.4, -0.2) is 27.6 Å². The van der Waals surface area contributed by atoms with E-state index < -0.39 is 6.72 Å². The maximum absolute atomic E-state index is 10.2. The zero-order valence-corrected chi connectivity index (χ0v) is 15.1. The van der Waals surface area contributed by atoms with Crippen LogP contribution in [0, 0.1) is 5.41 Å². The minimum absolute atomic E-state index is 0.0313. The molecule has 0 spiro atoms. The van der Waals surface area contributed by atoms with Crippen LogP contribution in [0.1, 0.15) is 41.5 Å². The molecule has 0 aliphatic carbocycles. The molecule has 7 heteroatoms. The minimum atomic E-state index is -3.15. The fourth-order valence-electron chi connectivity index (χ4n) is 1.52. The largest absolute Gasteiger partial charge is 0.324 e. The Morgan fingerprint density at radius 1 is 1.39 bits per heavy atom. The van der Waals surface area contributed by atoms with E-state index in [0.717, 1.165) is 0 Å². The summed E-state index contributed by atoms with van der Waals surface area (Å²) in [7, 11) is 3.55. The Morgan fingerprint density at radius 3 is 2.33 bits per heavy atom. The highest BCUT2D eigenvalue weighted by atomic mass is 33.1. The lowest BCUT2D eigenvalue weighted by Gasteiger charge is -2.31. The summed E-state index contributed by atoms with van der Waals surface area (Å²) in [6.07, 6.45) is -0.0803. The lowest BCUT2D eigenvalue weighted by Crippen LogP contribution is -2.36. The number of hydrogen-bond donors (Lipinski definition) is 1. The first-order valence-electron chi connectivity index (χ1n) is 5.93. The fourth-order valence-corrected chi connectivity index (χ4v) is 6.58. The van der Waals surface area contributed by atoms with Gasteiger partial charge >= 0.3 is 6.72 Å². The van der Waals surface area contributed by atoms with Crippen LogP contribution in [0.25, 0.3) is 0 Å². The zero-order chi connectivity index (χ0) is 14.2. The molecule has 1 rings (SSSR count). The van der Waals surface area contributed by atoms with Crippen molar-refractivity contribution in [3.63, 3.8) is 0 Å². The smallest absolute Gasteiger partial charge is 0.324 e. The molecule has 0 amide bonds.